The highest BCUT2D eigenvalue weighted by molar-refractivity contribution is 7.98. The van der Waals surface area contributed by atoms with Gasteiger partial charge < -0.3 is 15.2 Å². The minimum absolute atomic E-state index is 0.00776. The molecule has 0 unspecified atom stereocenters. The Morgan fingerprint density at radius 2 is 2.00 bits per heavy atom. The highest BCUT2D eigenvalue weighted by Gasteiger charge is 2.16. The molecule has 3 N–H and O–H groups in total. The number of nitrogens with zero attached hydrogens (tertiary/aromatic N) is 1. The number of carboxylic acids is 1. The summed E-state index contributed by atoms with van der Waals surface area (Å²) < 4.78 is 0. The molecule has 6 nitrogen and oxygen atoms in total. The summed E-state index contributed by atoms with van der Waals surface area (Å²) in [5.41, 5.74) is 0.615. The van der Waals surface area contributed by atoms with E-state index in [-0.39, 0.29) is 22.0 Å². The van der Waals surface area contributed by atoms with Crippen LogP contribution in [0.15, 0.2) is 34.1 Å². The molecule has 0 saturated heterocycles. The second-order valence-electron chi connectivity index (χ2n) is 4.11. The molecule has 1 heterocycles. The molecule has 2 rings (SSSR count). The van der Waals surface area contributed by atoms with Crippen LogP contribution in [0.4, 0.5) is 0 Å². The molecule has 0 saturated carbocycles. The number of H-pyrrole nitrogens is 1. The van der Waals surface area contributed by atoms with Gasteiger partial charge in [0.15, 0.2) is 0 Å². The predicted octanol–water partition coefficient (Wildman–Crippen LogP) is 1.77. The summed E-state index contributed by atoms with van der Waals surface area (Å²) in [6.07, 6.45) is 0. The van der Waals surface area contributed by atoms with Gasteiger partial charge in [-0.25, -0.2) is 9.59 Å². The van der Waals surface area contributed by atoms with Crippen molar-refractivity contribution >= 4 is 17.7 Å². The monoisotopic (exact) mass is 292 g/mol. The number of thioether (sulfide) groups is 1. The molecule has 0 amide bonds. The maximum Gasteiger partial charge on any atom is 0.346 e. The predicted molar refractivity (Wildman–Crippen MR) is 74.2 cm³/mol. The number of nitrogens with one attached hydrogen (secondary N) is 1. The van der Waals surface area contributed by atoms with Crippen molar-refractivity contribution in [3.8, 4) is 5.75 Å². The van der Waals surface area contributed by atoms with Crippen LogP contribution in [0.25, 0.3) is 0 Å². The smallest absolute Gasteiger partial charge is 0.346 e. The van der Waals surface area contributed by atoms with E-state index in [9.17, 15) is 14.7 Å². The number of hydrogen-bond donors (Lipinski definition) is 3. The SMILES string of the molecule is Cc1[nH]c(=O)nc(SCc2ccc(O)cc2)c1C(=O)O. The molecule has 1 aromatic heterocycles. The molecule has 0 aliphatic heterocycles. The van der Waals surface area contributed by atoms with Crippen molar-refractivity contribution in [3.05, 3.63) is 51.6 Å². The first kappa shape index (κ1) is 14.1. The standard InChI is InChI=1S/C13H12N2O4S/c1-7-10(12(17)18)11(15-13(19)14-7)20-6-8-2-4-9(16)5-3-8/h2-5,16H,6H2,1H3,(H,17,18)(H,14,15,19). The van der Waals surface area contributed by atoms with Gasteiger partial charge in [-0.05, 0) is 24.6 Å². The lowest BCUT2D eigenvalue weighted by Gasteiger charge is -2.07. The highest BCUT2D eigenvalue weighted by atomic mass is 32.2. The Morgan fingerprint density at radius 1 is 1.35 bits per heavy atom. The highest BCUT2D eigenvalue weighted by Crippen LogP contribution is 2.25. The van der Waals surface area contributed by atoms with Crippen molar-refractivity contribution in [2.75, 3.05) is 0 Å². The fourth-order valence-electron chi connectivity index (χ4n) is 1.66. The van der Waals surface area contributed by atoms with Crippen LogP contribution in [-0.2, 0) is 5.75 Å². The van der Waals surface area contributed by atoms with Crippen LogP contribution in [-0.4, -0.2) is 26.2 Å². The lowest BCUT2D eigenvalue weighted by molar-refractivity contribution is 0.0690. The van der Waals surface area contributed by atoms with Crippen LogP contribution in [0, 0.1) is 6.92 Å². The van der Waals surface area contributed by atoms with Crippen LogP contribution < -0.4 is 5.69 Å². The molecule has 0 atom stereocenters. The number of aromatic nitrogens is 2. The third-order valence-electron chi connectivity index (χ3n) is 2.61. The third-order valence-corrected chi connectivity index (χ3v) is 3.66. The Kier molecular flexibility index (Phi) is 4.09. The van der Waals surface area contributed by atoms with E-state index in [1.54, 1.807) is 24.3 Å². The Hall–Kier alpha value is -2.28. The van der Waals surface area contributed by atoms with E-state index in [1.807, 2.05) is 0 Å². The van der Waals surface area contributed by atoms with Crippen LogP contribution >= 0.6 is 11.8 Å². The van der Waals surface area contributed by atoms with Gasteiger partial charge in [0, 0.05) is 11.4 Å². The molecular formula is C13H12N2O4S. The fraction of sp³-hybridized carbons (Fsp3) is 0.154. The van der Waals surface area contributed by atoms with Gasteiger partial charge in [-0.1, -0.05) is 12.1 Å². The van der Waals surface area contributed by atoms with Crippen molar-refractivity contribution in [1.82, 2.24) is 9.97 Å². The number of benzene rings is 1. The topological polar surface area (TPSA) is 103 Å². The maximum absolute atomic E-state index is 11.3. The normalized spacial score (nSPS) is 10.4. The quantitative estimate of drug-likeness (QED) is 0.586. The first-order valence-electron chi connectivity index (χ1n) is 5.72. The molecule has 20 heavy (non-hydrogen) atoms. The molecule has 0 spiro atoms. The molecule has 0 fully saturated rings. The number of aryl methyl sites for hydroxylation is 1. The van der Waals surface area contributed by atoms with Crippen LogP contribution in [0.1, 0.15) is 21.6 Å². The fourth-order valence-corrected chi connectivity index (χ4v) is 2.69. The van der Waals surface area contributed by atoms with E-state index >= 15 is 0 Å². The molecule has 104 valence electrons. The Bertz CT molecular complexity index is 695. The van der Waals surface area contributed by atoms with Gasteiger partial charge >= 0.3 is 11.7 Å². The number of aromatic carboxylic acids is 1. The summed E-state index contributed by atoms with van der Waals surface area (Å²) in [6, 6.07) is 6.54. The van der Waals surface area contributed by atoms with Gasteiger partial charge in [0.2, 0.25) is 0 Å². The minimum Gasteiger partial charge on any atom is -0.508 e. The van der Waals surface area contributed by atoms with E-state index in [1.165, 1.54) is 18.7 Å². The molecular weight excluding hydrogens is 280 g/mol. The maximum atomic E-state index is 11.3. The molecule has 0 aliphatic rings. The van der Waals surface area contributed by atoms with Gasteiger partial charge in [0.1, 0.15) is 16.3 Å². The number of rotatable bonds is 4. The van der Waals surface area contributed by atoms with Gasteiger partial charge in [-0.15, -0.1) is 11.8 Å². The van der Waals surface area contributed by atoms with Crippen LogP contribution in [0.2, 0.25) is 0 Å². The third kappa shape index (κ3) is 3.18. The Labute approximate surface area is 118 Å². The van der Waals surface area contributed by atoms with E-state index in [0.717, 1.165) is 5.56 Å². The molecule has 1 aromatic carbocycles. The average Bonchev–Trinajstić information content (AvgIpc) is 2.36. The zero-order valence-corrected chi connectivity index (χ0v) is 11.4. The first-order valence-corrected chi connectivity index (χ1v) is 6.71. The van der Waals surface area contributed by atoms with Crippen LogP contribution in [0.3, 0.4) is 0 Å². The summed E-state index contributed by atoms with van der Waals surface area (Å²) in [6.45, 7) is 1.52. The Morgan fingerprint density at radius 3 is 2.60 bits per heavy atom. The summed E-state index contributed by atoms with van der Waals surface area (Å²) in [4.78, 5) is 28.6. The van der Waals surface area contributed by atoms with Gasteiger partial charge in [-0.2, -0.15) is 4.98 Å². The van der Waals surface area contributed by atoms with Gasteiger partial charge in [-0.3, -0.25) is 0 Å². The summed E-state index contributed by atoms with van der Waals surface area (Å²) in [7, 11) is 0. The average molecular weight is 292 g/mol. The van der Waals surface area contributed by atoms with Crippen molar-refractivity contribution in [2.45, 2.75) is 17.7 Å². The van der Waals surface area contributed by atoms with Crippen molar-refractivity contribution in [3.63, 3.8) is 0 Å². The number of carboxylic acid groups (broad SMARTS) is 1. The van der Waals surface area contributed by atoms with E-state index in [2.05, 4.69) is 9.97 Å². The first-order chi connectivity index (χ1) is 9.47. The van der Waals surface area contributed by atoms with Gasteiger partial charge in [0.25, 0.3) is 0 Å². The van der Waals surface area contributed by atoms with Gasteiger partial charge in [0.05, 0.1) is 0 Å². The minimum atomic E-state index is -1.13. The second kappa shape index (κ2) is 5.79. The van der Waals surface area contributed by atoms with E-state index < -0.39 is 11.7 Å². The number of hydrogen-bond acceptors (Lipinski definition) is 5. The molecule has 0 radical (unpaired) electrons. The Balaban J connectivity index is 2.27. The largest absolute Gasteiger partial charge is 0.508 e. The lowest BCUT2D eigenvalue weighted by Crippen LogP contribution is -2.18. The van der Waals surface area contributed by atoms with Crippen LogP contribution in [0.5, 0.6) is 5.75 Å². The number of aromatic hydroxyl groups is 1. The summed E-state index contributed by atoms with van der Waals surface area (Å²) in [5.74, 6) is -0.509. The van der Waals surface area contributed by atoms with E-state index in [0.29, 0.717) is 5.75 Å². The molecule has 2 aromatic rings. The molecule has 7 heteroatoms. The zero-order valence-electron chi connectivity index (χ0n) is 10.6. The molecule has 0 bridgehead atoms. The number of carbonyl (C=O) groups is 1. The second-order valence-corrected chi connectivity index (χ2v) is 5.07. The van der Waals surface area contributed by atoms with Crippen molar-refractivity contribution < 1.29 is 15.0 Å². The summed E-state index contributed by atoms with van der Waals surface area (Å²) in [5, 5.41) is 18.5. The number of aromatic amines is 1. The zero-order chi connectivity index (χ0) is 14.7. The van der Waals surface area contributed by atoms with E-state index in [4.69, 9.17) is 5.11 Å². The lowest BCUT2D eigenvalue weighted by atomic mass is 10.2. The number of phenols is 1. The van der Waals surface area contributed by atoms with Crippen molar-refractivity contribution in [1.29, 1.82) is 0 Å². The number of phenolic OH excluding ortho intramolecular Hbond substituents is 1. The van der Waals surface area contributed by atoms with Crippen molar-refractivity contribution in [2.24, 2.45) is 0 Å². The molecule has 0 aliphatic carbocycles. The summed E-state index contributed by atoms with van der Waals surface area (Å²) >= 11 is 1.17.